The predicted octanol–water partition coefficient (Wildman–Crippen LogP) is 2.95. The molecule has 0 saturated carbocycles. The van der Waals surface area contributed by atoms with Gasteiger partial charge in [-0.05, 0) is 23.4 Å². The summed E-state index contributed by atoms with van der Waals surface area (Å²) in [5.41, 5.74) is 6.04. The summed E-state index contributed by atoms with van der Waals surface area (Å²) < 4.78 is 0. The Labute approximate surface area is 137 Å². The van der Waals surface area contributed by atoms with E-state index in [1.807, 2.05) is 34.6 Å². The lowest BCUT2D eigenvalue weighted by Crippen LogP contribution is -2.39. The van der Waals surface area contributed by atoms with Gasteiger partial charge >= 0.3 is 0 Å². The van der Waals surface area contributed by atoms with Crippen LogP contribution in [-0.2, 0) is 5.41 Å². The van der Waals surface area contributed by atoms with Gasteiger partial charge in [0, 0.05) is 30.8 Å². The van der Waals surface area contributed by atoms with Crippen LogP contribution < -0.4 is 5.73 Å². The molecule has 1 aromatic carbocycles. The first kappa shape index (κ1) is 19.1. The quantitative estimate of drug-likeness (QED) is 0.667. The standard InChI is InChI=1S/C17H27N3O3/c1-16(2,3)13-8-7-12(9-14(13)20(22)23)15(21)19(6)11-17(4,5)10-18/h7-9H,10-11,18H2,1-6H3. The Balaban J connectivity index is 3.17. The predicted molar refractivity (Wildman–Crippen MR) is 91.6 cm³/mol. The molecular formula is C17H27N3O3. The van der Waals surface area contributed by atoms with Crippen molar-refractivity contribution in [3.63, 3.8) is 0 Å². The third-order valence-electron chi connectivity index (χ3n) is 3.81. The van der Waals surface area contributed by atoms with Gasteiger partial charge in [-0.2, -0.15) is 0 Å². The van der Waals surface area contributed by atoms with Gasteiger partial charge in [0.15, 0.2) is 0 Å². The molecule has 0 saturated heterocycles. The first-order chi connectivity index (χ1) is 10.4. The van der Waals surface area contributed by atoms with E-state index >= 15 is 0 Å². The second kappa shape index (κ2) is 6.66. The summed E-state index contributed by atoms with van der Waals surface area (Å²) in [6, 6.07) is 4.70. The molecule has 0 radical (unpaired) electrons. The van der Waals surface area contributed by atoms with Crippen molar-refractivity contribution in [3.05, 3.63) is 39.4 Å². The minimum atomic E-state index is -0.429. The summed E-state index contributed by atoms with van der Waals surface area (Å²) in [7, 11) is 1.68. The van der Waals surface area contributed by atoms with Crippen molar-refractivity contribution in [3.8, 4) is 0 Å². The monoisotopic (exact) mass is 321 g/mol. The summed E-state index contributed by atoms with van der Waals surface area (Å²) in [6.07, 6.45) is 0. The van der Waals surface area contributed by atoms with E-state index in [0.29, 0.717) is 24.2 Å². The maximum Gasteiger partial charge on any atom is 0.273 e. The molecule has 1 aromatic rings. The number of carbonyl (C=O) groups excluding carboxylic acids is 1. The highest BCUT2D eigenvalue weighted by atomic mass is 16.6. The van der Waals surface area contributed by atoms with E-state index in [0.717, 1.165) is 0 Å². The van der Waals surface area contributed by atoms with Crippen molar-refractivity contribution >= 4 is 11.6 Å². The number of nitro groups is 1. The van der Waals surface area contributed by atoms with Crippen LogP contribution in [0.25, 0.3) is 0 Å². The van der Waals surface area contributed by atoms with Crippen LogP contribution in [-0.4, -0.2) is 35.9 Å². The van der Waals surface area contributed by atoms with Gasteiger partial charge in [0.2, 0.25) is 0 Å². The summed E-state index contributed by atoms with van der Waals surface area (Å²) in [5.74, 6) is -0.241. The average Bonchev–Trinajstić information content (AvgIpc) is 2.44. The molecular weight excluding hydrogens is 294 g/mol. The molecule has 6 heteroatoms. The second-order valence-electron chi connectivity index (χ2n) is 7.77. The molecule has 0 aliphatic rings. The topological polar surface area (TPSA) is 89.5 Å². The van der Waals surface area contributed by atoms with E-state index in [9.17, 15) is 14.9 Å². The lowest BCUT2D eigenvalue weighted by Gasteiger charge is -2.29. The number of hydrogen-bond acceptors (Lipinski definition) is 4. The Kier molecular flexibility index (Phi) is 5.53. The van der Waals surface area contributed by atoms with Crippen molar-refractivity contribution in [1.29, 1.82) is 0 Å². The Bertz CT molecular complexity index is 604. The van der Waals surface area contributed by atoms with Crippen LogP contribution in [0, 0.1) is 15.5 Å². The van der Waals surface area contributed by atoms with Gasteiger partial charge in [-0.15, -0.1) is 0 Å². The number of nitro benzene ring substituents is 1. The van der Waals surface area contributed by atoms with Crippen LogP contribution in [0.1, 0.15) is 50.5 Å². The highest BCUT2D eigenvalue weighted by molar-refractivity contribution is 5.95. The minimum Gasteiger partial charge on any atom is -0.341 e. The van der Waals surface area contributed by atoms with E-state index in [1.165, 1.54) is 6.07 Å². The molecule has 0 spiro atoms. The molecule has 0 fully saturated rings. The van der Waals surface area contributed by atoms with Crippen molar-refractivity contribution in [2.45, 2.75) is 40.0 Å². The fraction of sp³-hybridized carbons (Fsp3) is 0.588. The molecule has 0 aromatic heterocycles. The highest BCUT2D eigenvalue weighted by Gasteiger charge is 2.28. The maximum absolute atomic E-state index is 12.5. The fourth-order valence-corrected chi connectivity index (χ4v) is 2.45. The zero-order chi connectivity index (χ0) is 18.0. The van der Waals surface area contributed by atoms with E-state index in [-0.39, 0.29) is 22.4 Å². The largest absolute Gasteiger partial charge is 0.341 e. The first-order valence-electron chi connectivity index (χ1n) is 7.63. The average molecular weight is 321 g/mol. The van der Waals surface area contributed by atoms with Crippen molar-refractivity contribution in [2.75, 3.05) is 20.1 Å². The summed E-state index contributed by atoms with van der Waals surface area (Å²) in [5, 5.41) is 11.4. The Morgan fingerprint density at radius 2 is 1.83 bits per heavy atom. The van der Waals surface area contributed by atoms with Gasteiger partial charge in [-0.3, -0.25) is 14.9 Å². The summed E-state index contributed by atoms with van der Waals surface area (Å²) >= 11 is 0. The Morgan fingerprint density at radius 1 is 1.26 bits per heavy atom. The molecule has 0 unspecified atom stereocenters. The summed E-state index contributed by atoms with van der Waals surface area (Å²) in [6.45, 7) is 10.6. The number of nitrogens with two attached hydrogens (primary N) is 1. The number of amides is 1. The Hall–Kier alpha value is -1.95. The van der Waals surface area contributed by atoms with Crippen LogP contribution in [0.15, 0.2) is 18.2 Å². The van der Waals surface area contributed by atoms with Crippen LogP contribution in [0.3, 0.4) is 0 Å². The second-order valence-corrected chi connectivity index (χ2v) is 7.77. The van der Waals surface area contributed by atoms with E-state index in [2.05, 4.69) is 0 Å². The Morgan fingerprint density at radius 3 is 2.26 bits per heavy atom. The molecule has 6 nitrogen and oxygen atoms in total. The van der Waals surface area contributed by atoms with Gasteiger partial charge < -0.3 is 10.6 Å². The lowest BCUT2D eigenvalue weighted by atomic mass is 9.85. The van der Waals surface area contributed by atoms with Gasteiger partial charge in [-0.1, -0.05) is 40.7 Å². The van der Waals surface area contributed by atoms with Gasteiger partial charge in [-0.25, -0.2) is 0 Å². The molecule has 0 aliphatic heterocycles. The van der Waals surface area contributed by atoms with Crippen molar-refractivity contribution in [1.82, 2.24) is 4.90 Å². The fourth-order valence-electron chi connectivity index (χ4n) is 2.45. The first-order valence-corrected chi connectivity index (χ1v) is 7.63. The maximum atomic E-state index is 12.5. The number of nitrogens with zero attached hydrogens (tertiary/aromatic N) is 2. The molecule has 0 aliphatic carbocycles. The SMILES string of the molecule is CN(CC(C)(C)CN)C(=O)c1ccc(C(C)(C)C)c([N+](=O)[O-])c1. The van der Waals surface area contributed by atoms with Crippen LogP contribution in [0.2, 0.25) is 0 Å². The zero-order valence-electron chi connectivity index (χ0n) is 14.8. The van der Waals surface area contributed by atoms with Crippen LogP contribution >= 0.6 is 0 Å². The molecule has 2 N–H and O–H groups in total. The molecule has 1 rings (SSSR count). The molecule has 23 heavy (non-hydrogen) atoms. The molecule has 1 amide bonds. The highest BCUT2D eigenvalue weighted by Crippen LogP contribution is 2.32. The molecule has 128 valence electrons. The van der Waals surface area contributed by atoms with Crippen molar-refractivity contribution < 1.29 is 9.72 Å². The van der Waals surface area contributed by atoms with E-state index in [4.69, 9.17) is 5.73 Å². The van der Waals surface area contributed by atoms with Crippen LogP contribution in [0.5, 0.6) is 0 Å². The van der Waals surface area contributed by atoms with Crippen LogP contribution in [0.4, 0.5) is 5.69 Å². The summed E-state index contributed by atoms with van der Waals surface area (Å²) in [4.78, 5) is 25.0. The number of rotatable bonds is 5. The van der Waals surface area contributed by atoms with Gasteiger partial charge in [0.25, 0.3) is 11.6 Å². The number of benzene rings is 1. The van der Waals surface area contributed by atoms with Gasteiger partial charge in [0.05, 0.1) is 4.92 Å². The van der Waals surface area contributed by atoms with Crippen molar-refractivity contribution in [2.24, 2.45) is 11.1 Å². The third-order valence-corrected chi connectivity index (χ3v) is 3.81. The minimum absolute atomic E-state index is 0.0187. The van der Waals surface area contributed by atoms with E-state index in [1.54, 1.807) is 24.1 Å². The molecule has 0 heterocycles. The van der Waals surface area contributed by atoms with E-state index < -0.39 is 4.92 Å². The molecule has 0 bridgehead atoms. The number of hydrogen-bond donors (Lipinski definition) is 1. The smallest absolute Gasteiger partial charge is 0.273 e. The normalized spacial score (nSPS) is 12.1. The lowest BCUT2D eigenvalue weighted by molar-refractivity contribution is -0.386. The third kappa shape index (κ3) is 4.76. The zero-order valence-corrected chi connectivity index (χ0v) is 14.8. The number of carbonyl (C=O) groups is 1. The van der Waals surface area contributed by atoms with Gasteiger partial charge in [0.1, 0.15) is 0 Å². The molecule has 0 atom stereocenters.